The Balaban J connectivity index is 2.03. The van der Waals surface area contributed by atoms with Gasteiger partial charge in [0.15, 0.2) is 0 Å². The van der Waals surface area contributed by atoms with Crippen molar-refractivity contribution in [2.45, 2.75) is 17.9 Å². The van der Waals surface area contributed by atoms with E-state index in [0.29, 0.717) is 5.56 Å². The van der Waals surface area contributed by atoms with E-state index < -0.39 is 22.2 Å². The van der Waals surface area contributed by atoms with E-state index in [1.807, 2.05) is 18.2 Å². The van der Waals surface area contributed by atoms with Crippen LogP contribution in [0.25, 0.3) is 0 Å². The molecule has 0 aliphatic rings. The molecule has 2 aromatic carbocycles. The molecular weight excluding hydrogens is 316 g/mol. The van der Waals surface area contributed by atoms with Crippen LogP contribution >= 0.6 is 12.6 Å². The number of nitro groups is 1. The number of nitro benzene ring substituents is 1. The number of non-ortho nitro benzene ring substituents is 1. The molecule has 7 heteroatoms. The number of carbonyl (C=O) groups is 1. The van der Waals surface area contributed by atoms with Crippen molar-refractivity contribution in [3.05, 3.63) is 75.8 Å². The van der Waals surface area contributed by atoms with Gasteiger partial charge >= 0.3 is 5.97 Å². The van der Waals surface area contributed by atoms with E-state index in [-0.39, 0.29) is 12.3 Å². The summed E-state index contributed by atoms with van der Waals surface area (Å²) in [6.07, 6.45) is 0. The molecule has 2 N–H and O–H groups in total. The first-order valence-corrected chi connectivity index (χ1v) is 7.39. The Labute approximate surface area is 138 Å². The van der Waals surface area contributed by atoms with E-state index in [4.69, 9.17) is 10.5 Å². The van der Waals surface area contributed by atoms with Gasteiger partial charge in [-0.05, 0) is 23.3 Å². The standard InChI is InChI=1S/C16H16N2O4S/c17-15(23)14(12-4-2-1-3-5-12)16(19)22-10-11-6-8-13(9-7-11)18(20)21/h1-9,14-15,23H,10,17H2. The van der Waals surface area contributed by atoms with E-state index >= 15 is 0 Å². The molecule has 0 heterocycles. The van der Waals surface area contributed by atoms with Crippen LogP contribution in [-0.4, -0.2) is 16.3 Å². The molecule has 120 valence electrons. The van der Waals surface area contributed by atoms with Crippen LogP contribution in [0.1, 0.15) is 17.0 Å². The number of rotatable bonds is 6. The minimum absolute atomic E-state index is 0.0142. The number of nitrogens with zero attached hydrogens (tertiary/aromatic N) is 1. The lowest BCUT2D eigenvalue weighted by Gasteiger charge is -2.19. The predicted octanol–water partition coefficient (Wildman–Crippen LogP) is 2.64. The molecule has 0 radical (unpaired) electrons. The molecule has 23 heavy (non-hydrogen) atoms. The van der Waals surface area contributed by atoms with Gasteiger partial charge in [-0.2, -0.15) is 12.6 Å². The molecule has 2 aromatic rings. The van der Waals surface area contributed by atoms with Gasteiger partial charge in [0.05, 0.1) is 10.3 Å². The van der Waals surface area contributed by atoms with Gasteiger partial charge in [-0.1, -0.05) is 30.3 Å². The molecule has 0 aromatic heterocycles. The van der Waals surface area contributed by atoms with Gasteiger partial charge in [0.2, 0.25) is 0 Å². The van der Waals surface area contributed by atoms with Crippen LogP contribution in [0.4, 0.5) is 5.69 Å². The fourth-order valence-corrected chi connectivity index (χ4v) is 2.39. The van der Waals surface area contributed by atoms with Crippen molar-refractivity contribution in [2.24, 2.45) is 5.73 Å². The molecule has 2 unspecified atom stereocenters. The summed E-state index contributed by atoms with van der Waals surface area (Å²) in [7, 11) is 0. The Hall–Kier alpha value is -2.38. The number of hydrogen-bond donors (Lipinski definition) is 2. The van der Waals surface area contributed by atoms with Crippen LogP contribution in [0.2, 0.25) is 0 Å². The molecule has 0 spiro atoms. The zero-order valence-corrected chi connectivity index (χ0v) is 13.1. The van der Waals surface area contributed by atoms with Crippen molar-refractivity contribution in [1.82, 2.24) is 0 Å². The number of carbonyl (C=O) groups excluding carboxylic acids is 1. The van der Waals surface area contributed by atoms with Gasteiger partial charge < -0.3 is 10.5 Å². The van der Waals surface area contributed by atoms with E-state index in [2.05, 4.69) is 12.6 Å². The number of benzene rings is 2. The minimum Gasteiger partial charge on any atom is -0.460 e. The lowest BCUT2D eigenvalue weighted by atomic mass is 9.99. The highest BCUT2D eigenvalue weighted by atomic mass is 32.1. The summed E-state index contributed by atoms with van der Waals surface area (Å²) in [6, 6.07) is 14.8. The highest BCUT2D eigenvalue weighted by Crippen LogP contribution is 2.23. The maximum atomic E-state index is 12.3. The highest BCUT2D eigenvalue weighted by Gasteiger charge is 2.26. The van der Waals surface area contributed by atoms with Gasteiger partial charge in [-0.25, -0.2) is 0 Å². The third-order valence-electron chi connectivity index (χ3n) is 3.28. The monoisotopic (exact) mass is 332 g/mol. The molecular formula is C16H16N2O4S. The number of nitrogens with two attached hydrogens (primary N) is 1. The molecule has 2 atom stereocenters. The van der Waals surface area contributed by atoms with Crippen molar-refractivity contribution >= 4 is 24.3 Å². The fraction of sp³-hybridized carbons (Fsp3) is 0.188. The van der Waals surface area contributed by atoms with Crippen molar-refractivity contribution < 1.29 is 14.5 Å². The number of hydrogen-bond acceptors (Lipinski definition) is 6. The average molecular weight is 332 g/mol. The Morgan fingerprint density at radius 2 is 1.78 bits per heavy atom. The van der Waals surface area contributed by atoms with Crippen LogP contribution < -0.4 is 5.73 Å². The number of thiol groups is 1. The summed E-state index contributed by atoms with van der Waals surface area (Å²) < 4.78 is 5.27. The maximum absolute atomic E-state index is 12.3. The van der Waals surface area contributed by atoms with Crippen molar-refractivity contribution in [3.8, 4) is 0 Å². The maximum Gasteiger partial charge on any atom is 0.316 e. The molecule has 0 saturated carbocycles. The quantitative estimate of drug-likeness (QED) is 0.279. The van der Waals surface area contributed by atoms with E-state index in [9.17, 15) is 14.9 Å². The Morgan fingerprint density at radius 1 is 1.17 bits per heavy atom. The second-order valence-corrected chi connectivity index (χ2v) is 5.51. The smallest absolute Gasteiger partial charge is 0.316 e. The van der Waals surface area contributed by atoms with Gasteiger partial charge in [0.25, 0.3) is 5.69 Å². The van der Waals surface area contributed by atoms with Crippen molar-refractivity contribution in [3.63, 3.8) is 0 Å². The molecule has 0 aliphatic carbocycles. The first-order chi connectivity index (χ1) is 11.0. The zero-order valence-electron chi connectivity index (χ0n) is 12.2. The first kappa shape index (κ1) is 17.0. The van der Waals surface area contributed by atoms with Crippen LogP contribution in [0.15, 0.2) is 54.6 Å². The third-order valence-corrected chi connectivity index (χ3v) is 3.58. The van der Waals surface area contributed by atoms with E-state index in [0.717, 1.165) is 5.56 Å². The molecule has 0 saturated heterocycles. The molecule has 2 rings (SSSR count). The van der Waals surface area contributed by atoms with Gasteiger partial charge in [-0.3, -0.25) is 14.9 Å². The van der Waals surface area contributed by atoms with Crippen LogP contribution in [-0.2, 0) is 16.1 Å². The Bertz CT molecular complexity index is 674. The highest BCUT2D eigenvalue weighted by molar-refractivity contribution is 7.81. The van der Waals surface area contributed by atoms with Gasteiger partial charge in [-0.15, -0.1) is 0 Å². The number of esters is 1. The van der Waals surface area contributed by atoms with Crippen molar-refractivity contribution in [1.29, 1.82) is 0 Å². The van der Waals surface area contributed by atoms with E-state index in [1.165, 1.54) is 12.1 Å². The summed E-state index contributed by atoms with van der Waals surface area (Å²) >= 11 is 4.16. The lowest BCUT2D eigenvalue weighted by molar-refractivity contribution is -0.384. The van der Waals surface area contributed by atoms with Gasteiger partial charge in [0.1, 0.15) is 12.5 Å². The van der Waals surface area contributed by atoms with E-state index in [1.54, 1.807) is 24.3 Å². The summed E-state index contributed by atoms with van der Waals surface area (Å²) in [5, 5.41) is 9.90. The zero-order chi connectivity index (χ0) is 16.8. The van der Waals surface area contributed by atoms with Crippen molar-refractivity contribution in [2.75, 3.05) is 0 Å². The molecule has 0 aliphatic heterocycles. The largest absolute Gasteiger partial charge is 0.460 e. The summed E-state index contributed by atoms with van der Waals surface area (Å²) in [6.45, 7) is 0.0145. The number of ether oxygens (including phenoxy) is 1. The third kappa shape index (κ3) is 4.54. The topological polar surface area (TPSA) is 95.5 Å². The molecule has 0 fully saturated rings. The lowest BCUT2D eigenvalue weighted by Crippen LogP contribution is -2.30. The fourth-order valence-electron chi connectivity index (χ4n) is 2.09. The molecule has 0 bridgehead atoms. The average Bonchev–Trinajstić information content (AvgIpc) is 2.54. The Kier molecular flexibility index (Phi) is 5.72. The van der Waals surface area contributed by atoms with Crippen LogP contribution in [0.3, 0.4) is 0 Å². The second-order valence-electron chi connectivity index (χ2n) is 4.91. The molecule has 0 amide bonds. The second kappa shape index (κ2) is 7.75. The Morgan fingerprint density at radius 3 is 2.30 bits per heavy atom. The van der Waals surface area contributed by atoms with Crippen LogP contribution in [0, 0.1) is 10.1 Å². The summed E-state index contributed by atoms with van der Waals surface area (Å²) in [4.78, 5) is 22.4. The first-order valence-electron chi connectivity index (χ1n) is 6.87. The molecule has 6 nitrogen and oxygen atoms in total. The van der Waals surface area contributed by atoms with Gasteiger partial charge in [0, 0.05) is 12.1 Å². The minimum atomic E-state index is -0.693. The normalized spacial score (nSPS) is 13.1. The predicted molar refractivity (Wildman–Crippen MR) is 89.0 cm³/mol. The SMILES string of the molecule is NC(S)C(C(=O)OCc1ccc([N+](=O)[O-])cc1)c1ccccc1. The summed E-state index contributed by atoms with van der Waals surface area (Å²) in [5.41, 5.74) is 7.15. The van der Waals surface area contributed by atoms with Crippen LogP contribution in [0.5, 0.6) is 0 Å². The summed E-state index contributed by atoms with van der Waals surface area (Å²) in [5.74, 6) is -1.17.